The van der Waals surface area contributed by atoms with Crippen molar-refractivity contribution < 1.29 is 28.2 Å². The first kappa shape index (κ1) is 27.7. The third-order valence-electron chi connectivity index (χ3n) is 5.08. The SMILES string of the molecule is Cc1cnc(Nc2ccccc2Cl)nc1-c1c[nH]c(C(=O)O)c1.[NH-]C(CO)c1cccc(C(F)(F)F)c1. The van der Waals surface area contributed by atoms with Crippen molar-refractivity contribution in [3.8, 4) is 11.3 Å². The summed E-state index contributed by atoms with van der Waals surface area (Å²) in [6.07, 6.45) is -1.11. The normalized spacial score (nSPS) is 11.9. The van der Waals surface area contributed by atoms with E-state index < -0.39 is 30.4 Å². The van der Waals surface area contributed by atoms with Gasteiger partial charge in [0.1, 0.15) is 5.69 Å². The van der Waals surface area contributed by atoms with Crippen LogP contribution < -0.4 is 5.32 Å². The van der Waals surface area contributed by atoms with Crippen molar-refractivity contribution in [3.05, 3.63) is 100 Å². The van der Waals surface area contributed by atoms with Crippen LogP contribution >= 0.6 is 11.6 Å². The number of aromatic amines is 1. The smallest absolute Gasteiger partial charge is 0.416 e. The zero-order valence-corrected chi connectivity index (χ0v) is 20.1. The molecule has 37 heavy (non-hydrogen) atoms. The highest BCUT2D eigenvalue weighted by Crippen LogP contribution is 2.31. The summed E-state index contributed by atoms with van der Waals surface area (Å²) in [6, 6.07) is 12.2. The molecule has 0 fully saturated rings. The third kappa shape index (κ3) is 7.29. The Morgan fingerprint density at radius 1 is 1.19 bits per heavy atom. The molecule has 1 unspecified atom stereocenters. The number of aliphatic hydroxyl groups is 1. The van der Waals surface area contributed by atoms with Crippen molar-refractivity contribution in [2.45, 2.75) is 19.1 Å². The van der Waals surface area contributed by atoms with Crippen LogP contribution in [0.1, 0.15) is 33.2 Å². The number of anilines is 2. The number of aromatic carboxylic acids is 1. The molecule has 0 aliphatic rings. The standard InChI is InChI=1S/C16H13ClN4O2.C9H9F3NO/c1-9-7-19-16(20-12-5-3-2-4-11(12)17)21-14(9)10-6-13(15(22)23)18-8-10;10-9(11,12)7-3-1-2-6(4-7)8(13)5-14/h2-8,18H,1H3,(H,22,23)(H,19,20,21);1-4,8,13-14H,5H2/q;-1. The average molecular weight is 533 g/mol. The van der Waals surface area contributed by atoms with Gasteiger partial charge in [0.05, 0.1) is 22.0 Å². The number of carboxylic acids is 1. The minimum Gasteiger partial charge on any atom is -0.669 e. The van der Waals surface area contributed by atoms with E-state index in [0.29, 0.717) is 27.9 Å². The molecule has 0 bridgehead atoms. The molecule has 0 aliphatic carbocycles. The fourth-order valence-electron chi connectivity index (χ4n) is 3.17. The van der Waals surface area contributed by atoms with Crippen molar-refractivity contribution in [2.75, 3.05) is 11.9 Å². The van der Waals surface area contributed by atoms with Gasteiger partial charge in [0.15, 0.2) is 0 Å². The Hall–Kier alpha value is -3.93. The summed E-state index contributed by atoms with van der Waals surface area (Å²) < 4.78 is 36.6. The molecular formula is C25H22ClF3N5O3-. The van der Waals surface area contributed by atoms with Crippen LogP contribution in [0.5, 0.6) is 0 Å². The van der Waals surface area contributed by atoms with Gasteiger partial charge < -0.3 is 26.2 Å². The Morgan fingerprint density at radius 2 is 1.92 bits per heavy atom. The average Bonchev–Trinajstić information content (AvgIpc) is 3.37. The van der Waals surface area contributed by atoms with Gasteiger partial charge in [0.25, 0.3) is 0 Å². The lowest BCUT2D eigenvalue weighted by molar-refractivity contribution is -0.137. The van der Waals surface area contributed by atoms with Crippen molar-refractivity contribution in [1.29, 1.82) is 0 Å². The van der Waals surface area contributed by atoms with Crippen LogP contribution in [0.3, 0.4) is 0 Å². The molecule has 0 radical (unpaired) electrons. The van der Waals surface area contributed by atoms with E-state index in [4.69, 9.17) is 27.5 Å². The predicted octanol–water partition coefficient (Wildman–Crippen LogP) is 6.67. The zero-order valence-electron chi connectivity index (χ0n) is 19.3. The zero-order chi connectivity index (χ0) is 27.2. The van der Waals surface area contributed by atoms with Crippen molar-refractivity contribution in [1.82, 2.24) is 15.0 Å². The summed E-state index contributed by atoms with van der Waals surface area (Å²) in [5.74, 6) is -0.630. The Labute approximate surface area is 215 Å². The summed E-state index contributed by atoms with van der Waals surface area (Å²) in [5.41, 5.74) is 9.61. The molecule has 4 rings (SSSR count). The fourth-order valence-corrected chi connectivity index (χ4v) is 3.35. The number of hydrogen-bond donors (Lipinski definition) is 4. The molecule has 0 amide bonds. The van der Waals surface area contributed by atoms with E-state index >= 15 is 0 Å². The number of aryl methyl sites for hydroxylation is 1. The molecule has 194 valence electrons. The van der Waals surface area contributed by atoms with E-state index in [2.05, 4.69) is 20.3 Å². The molecular weight excluding hydrogens is 511 g/mol. The largest absolute Gasteiger partial charge is 0.669 e. The number of aliphatic hydroxyl groups excluding tert-OH is 1. The van der Waals surface area contributed by atoms with Crippen molar-refractivity contribution in [3.63, 3.8) is 0 Å². The lowest BCUT2D eigenvalue weighted by Gasteiger charge is -2.18. The van der Waals surface area contributed by atoms with Crippen LogP contribution in [-0.4, -0.2) is 37.7 Å². The molecule has 0 saturated carbocycles. The number of benzene rings is 2. The van der Waals surface area contributed by atoms with E-state index in [1.54, 1.807) is 18.5 Å². The highest BCUT2D eigenvalue weighted by atomic mass is 35.5. The van der Waals surface area contributed by atoms with Crippen LogP contribution in [0.15, 0.2) is 67.0 Å². The van der Waals surface area contributed by atoms with Crippen LogP contribution in [0.4, 0.5) is 24.8 Å². The monoisotopic (exact) mass is 532 g/mol. The second-order valence-electron chi connectivity index (χ2n) is 7.80. The topological polar surface area (TPSA) is 135 Å². The first-order valence-electron chi connectivity index (χ1n) is 10.8. The Morgan fingerprint density at radius 3 is 2.54 bits per heavy atom. The molecule has 0 saturated heterocycles. The summed E-state index contributed by atoms with van der Waals surface area (Å²) in [4.78, 5) is 22.4. The van der Waals surface area contributed by atoms with Gasteiger partial charge in [-0.2, -0.15) is 13.2 Å². The van der Waals surface area contributed by atoms with Gasteiger partial charge in [-0.25, -0.2) is 14.8 Å². The Bertz CT molecular complexity index is 1380. The predicted molar refractivity (Wildman–Crippen MR) is 134 cm³/mol. The van der Waals surface area contributed by atoms with Crippen LogP contribution in [0.2, 0.25) is 5.02 Å². The summed E-state index contributed by atoms with van der Waals surface area (Å²) in [7, 11) is 0. The minimum absolute atomic E-state index is 0.110. The minimum atomic E-state index is -4.40. The van der Waals surface area contributed by atoms with Gasteiger partial charge in [0, 0.05) is 24.6 Å². The van der Waals surface area contributed by atoms with E-state index in [0.717, 1.165) is 17.7 Å². The van der Waals surface area contributed by atoms with Gasteiger partial charge in [-0.1, -0.05) is 53.5 Å². The molecule has 2 heterocycles. The molecule has 4 aromatic rings. The number of para-hydroxylation sites is 1. The maximum Gasteiger partial charge on any atom is 0.416 e. The van der Waals surface area contributed by atoms with Crippen molar-refractivity contribution in [2.24, 2.45) is 0 Å². The number of alkyl halides is 3. The van der Waals surface area contributed by atoms with Crippen LogP contribution in [-0.2, 0) is 6.18 Å². The number of rotatable bonds is 6. The lowest BCUT2D eigenvalue weighted by atomic mass is 10.1. The number of H-pyrrole nitrogens is 1. The number of carbonyl (C=O) groups is 1. The van der Waals surface area contributed by atoms with Crippen LogP contribution in [0, 0.1) is 6.92 Å². The first-order chi connectivity index (χ1) is 17.5. The number of nitrogens with zero attached hydrogens (tertiary/aromatic N) is 2. The molecule has 0 aliphatic heterocycles. The third-order valence-corrected chi connectivity index (χ3v) is 5.41. The molecule has 0 spiro atoms. The fraction of sp³-hybridized carbons (Fsp3) is 0.160. The number of halogens is 4. The van der Waals surface area contributed by atoms with Gasteiger partial charge >= 0.3 is 12.1 Å². The maximum absolute atomic E-state index is 12.2. The molecule has 1 atom stereocenters. The molecule has 5 N–H and O–H groups in total. The van der Waals surface area contributed by atoms with Gasteiger partial charge in [-0.15, -0.1) is 0 Å². The molecule has 2 aromatic carbocycles. The second-order valence-corrected chi connectivity index (χ2v) is 8.20. The Balaban J connectivity index is 0.000000233. The highest BCUT2D eigenvalue weighted by Gasteiger charge is 2.30. The van der Waals surface area contributed by atoms with E-state index in [1.807, 2.05) is 25.1 Å². The van der Waals surface area contributed by atoms with Gasteiger partial charge in [-0.3, -0.25) is 0 Å². The quantitative estimate of drug-likeness (QED) is 0.219. The second kappa shape index (κ2) is 11.9. The van der Waals surface area contributed by atoms with E-state index in [1.165, 1.54) is 18.2 Å². The molecule has 2 aromatic heterocycles. The maximum atomic E-state index is 12.2. The van der Waals surface area contributed by atoms with E-state index in [9.17, 15) is 18.0 Å². The number of carboxylic acid groups (broad SMARTS) is 1. The number of hydrogen-bond acceptors (Lipinski definition) is 5. The lowest BCUT2D eigenvalue weighted by Crippen LogP contribution is -2.06. The van der Waals surface area contributed by atoms with E-state index in [-0.39, 0.29) is 11.3 Å². The molecule has 8 nitrogen and oxygen atoms in total. The first-order valence-corrected chi connectivity index (χ1v) is 11.1. The van der Waals surface area contributed by atoms with Gasteiger partial charge in [-0.05, 0) is 36.8 Å². The highest BCUT2D eigenvalue weighted by molar-refractivity contribution is 6.33. The van der Waals surface area contributed by atoms with Crippen LogP contribution in [0.25, 0.3) is 17.0 Å². The summed E-state index contributed by atoms with van der Waals surface area (Å²) in [5, 5.41) is 21.2. The number of aromatic nitrogens is 3. The summed E-state index contributed by atoms with van der Waals surface area (Å²) >= 11 is 6.11. The number of nitrogens with one attached hydrogen (secondary N) is 3. The van der Waals surface area contributed by atoms with Gasteiger partial charge in [0.2, 0.25) is 5.95 Å². The summed E-state index contributed by atoms with van der Waals surface area (Å²) in [6.45, 7) is 1.38. The molecule has 12 heteroatoms. The Kier molecular flexibility index (Phi) is 8.87. The van der Waals surface area contributed by atoms with Crippen molar-refractivity contribution >= 4 is 29.2 Å².